The number of nitrogens with one attached hydrogen (secondary N) is 1. The van der Waals surface area contributed by atoms with Crippen molar-refractivity contribution < 1.29 is 17.6 Å². The first kappa shape index (κ1) is 14.3. The Morgan fingerprint density at radius 3 is 2.84 bits per heavy atom. The van der Waals surface area contributed by atoms with E-state index in [9.17, 15) is 13.2 Å². The molecule has 1 aromatic heterocycles. The molecule has 0 radical (unpaired) electrons. The van der Waals surface area contributed by atoms with Crippen LogP contribution in [0.15, 0.2) is 9.64 Å². The van der Waals surface area contributed by atoms with Gasteiger partial charge in [0, 0.05) is 7.05 Å². The summed E-state index contributed by atoms with van der Waals surface area (Å²) in [6.07, 6.45) is 0.514. The molecule has 1 aliphatic heterocycles. The average molecular weight is 305 g/mol. The first-order valence-electron chi connectivity index (χ1n) is 5.83. The van der Waals surface area contributed by atoms with E-state index < -0.39 is 9.84 Å². The van der Waals surface area contributed by atoms with Gasteiger partial charge in [0.1, 0.15) is 0 Å². The van der Waals surface area contributed by atoms with Crippen LogP contribution in [0, 0.1) is 0 Å². The Kier molecular flexibility index (Phi) is 4.14. The summed E-state index contributed by atoms with van der Waals surface area (Å²) in [6.45, 7) is 1.73. The highest BCUT2D eigenvalue weighted by Gasteiger charge is 2.33. The number of rotatable bonds is 4. The number of sulfone groups is 1. The molecule has 0 spiro atoms. The zero-order valence-corrected chi connectivity index (χ0v) is 12.3. The summed E-state index contributed by atoms with van der Waals surface area (Å²) in [4.78, 5) is 11.4. The molecule has 1 aromatic rings. The molecule has 2 atom stereocenters. The third kappa shape index (κ3) is 3.47. The summed E-state index contributed by atoms with van der Waals surface area (Å²) in [5, 5.41) is 10.2. The van der Waals surface area contributed by atoms with E-state index in [-0.39, 0.29) is 33.8 Å². The number of nitrogens with zero attached hydrogens (tertiary/aromatic N) is 2. The van der Waals surface area contributed by atoms with Crippen molar-refractivity contribution in [2.75, 3.05) is 18.6 Å². The van der Waals surface area contributed by atoms with Crippen molar-refractivity contribution in [3.05, 3.63) is 5.89 Å². The maximum absolute atomic E-state index is 11.4. The molecule has 1 amide bonds. The second-order valence-corrected chi connectivity index (χ2v) is 7.90. The fourth-order valence-electron chi connectivity index (χ4n) is 1.83. The van der Waals surface area contributed by atoms with Crippen molar-refractivity contribution in [2.24, 2.45) is 0 Å². The second kappa shape index (κ2) is 5.49. The lowest BCUT2D eigenvalue weighted by molar-refractivity contribution is -0.119. The monoisotopic (exact) mass is 305 g/mol. The molecule has 0 aromatic carbocycles. The van der Waals surface area contributed by atoms with Gasteiger partial charge in [-0.25, -0.2) is 8.42 Å². The van der Waals surface area contributed by atoms with Crippen LogP contribution in [0.5, 0.6) is 0 Å². The molecule has 1 aliphatic rings. The summed E-state index contributed by atoms with van der Waals surface area (Å²) >= 11 is 1.15. The number of carbonyl (C=O) groups excluding carboxylic acids is 1. The molecule has 1 saturated heterocycles. The van der Waals surface area contributed by atoms with Gasteiger partial charge in [0.25, 0.3) is 5.22 Å². The first-order valence-corrected chi connectivity index (χ1v) is 8.53. The predicted molar refractivity (Wildman–Crippen MR) is 69.7 cm³/mol. The highest BCUT2D eigenvalue weighted by atomic mass is 32.2. The van der Waals surface area contributed by atoms with Gasteiger partial charge >= 0.3 is 0 Å². The van der Waals surface area contributed by atoms with Crippen LogP contribution in [-0.2, 0) is 14.6 Å². The SMILES string of the molecule is CNC(=O)[C@H](C)Sc1nnc([C@H]2CCS(=O)(=O)C2)o1. The van der Waals surface area contributed by atoms with E-state index in [0.29, 0.717) is 12.3 Å². The Morgan fingerprint density at radius 2 is 2.26 bits per heavy atom. The summed E-state index contributed by atoms with van der Waals surface area (Å²) < 4.78 is 28.2. The van der Waals surface area contributed by atoms with Gasteiger partial charge in [-0.2, -0.15) is 0 Å². The first-order chi connectivity index (χ1) is 8.91. The van der Waals surface area contributed by atoms with Crippen molar-refractivity contribution in [2.45, 2.75) is 29.7 Å². The van der Waals surface area contributed by atoms with E-state index in [0.717, 1.165) is 11.8 Å². The van der Waals surface area contributed by atoms with Crippen LogP contribution in [0.4, 0.5) is 0 Å². The Balaban J connectivity index is 2.02. The lowest BCUT2D eigenvalue weighted by Gasteiger charge is -2.05. The molecular weight excluding hydrogens is 290 g/mol. The molecule has 7 nitrogen and oxygen atoms in total. The van der Waals surface area contributed by atoms with Crippen molar-refractivity contribution in [3.63, 3.8) is 0 Å². The van der Waals surface area contributed by atoms with Crippen molar-refractivity contribution >= 4 is 27.5 Å². The van der Waals surface area contributed by atoms with Gasteiger partial charge in [-0.15, -0.1) is 10.2 Å². The summed E-state index contributed by atoms with van der Waals surface area (Å²) in [7, 11) is -1.42. The number of thioether (sulfide) groups is 1. The highest BCUT2D eigenvalue weighted by molar-refractivity contribution is 8.00. The molecule has 106 valence electrons. The Labute approximate surface area is 115 Å². The second-order valence-electron chi connectivity index (χ2n) is 4.38. The van der Waals surface area contributed by atoms with Crippen LogP contribution in [0.3, 0.4) is 0 Å². The number of carbonyl (C=O) groups is 1. The zero-order chi connectivity index (χ0) is 14.0. The number of hydrogen-bond acceptors (Lipinski definition) is 7. The van der Waals surface area contributed by atoms with Crippen molar-refractivity contribution in [1.82, 2.24) is 15.5 Å². The van der Waals surface area contributed by atoms with Gasteiger partial charge in [0.15, 0.2) is 9.84 Å². The summed E-state index contributed by atoms with van der Waals surface area (Å²) in [5.41, 5.74) is 0. The largest absolute Gasteiger partial charge is 0.416 e. The summed E-state index contributed by atoms with van der Waals surface area (Å²) in [5.74, 6) is 0.213. The lowest BCUT2D eigenvalue weighted by Crippen LogP contribution is -2.27. The minimum atomic E-state index is -2.97. The van der Waals surface area contributed by atoms with Gasteiger partial charge in [-0.05, 0) is 13.3 Å². The zero-order valence-electron chi connectivity index (χ0n) is 10.6. The average Bonchev–Trinajstić information content (AvgIpc) is 2.94. The lowest BCUT2D eigenvalue weighted by atomic mass is 10.1. The molecule has 2 rings (SSSR count). The fraction of sp³-hybridized carbons (Fsp3) is 0.700. The van der Waals surface area contributed by atoms with Crippen molar-refractivity contribution in [3.8, 4) is 0 Å². The topological polar surface area (TPSA) is 102 Å². The normalized spacial score (nSPS) is 23.2. The molecule has 9 heteroatoms. The Morgan fingerprint density at radius 1 is 1.53 bits per heavy atom. The van der Waals surface area contributed by atoms with Crippen LogP contribution < -0.4 is 5.32 Å². The predicted octanol–water partition coefficient (Wildman–Crippen LogP) is 0.198. The maximum Gasteiger partial charge on any atom is 0.277 e. The maximum atomic E-state index is 11.4. The third-order valence-corrected chi connectivity index (χ3v) is 5.60. The third-order valence-electron chi connectivity index (χ3n) is 2.90. The fourth-order valence-corrected chi connectivity index (χ4v) is 4.31. The Bertz CT molecular complexity index is 569. The van der Waals surface area contributed by atoms with Crippen LogP contribution in [-0.4, -0.2) is 48.3 Å². The van der Waals surface area contributed by atoms with Crippen LogP contribution >= 0.6 is 11.8 Å². The number of aromatic nitrogens is 2. The van der Waals surface area contributed by atoms with E-state index in [1.54, 1.807) is 14.0 Å². The van der Waals surface area contributed by atoms with Gasteiger partial charge in [0.2, 0.25) is 11.8 Å². The Hall–Kier alpha value is -1.09. The molecule has 0 unspecified atom stereocenters. The van der Waals surface area contributed by atoms with Gasteiger partial charge in [-0.1, -0.05) is 11.8 Å². The molecular formula is C10H15N3O4S2. The van der Waals surface area contributed by atoms with E-state index in [2.05, 4.69) is 15.5 Å². The van der Waals surface area contributed by atoms with E-state index >= 15 is 0 Å². The molecule has 1 N–H and O–H groups in total. The molecule has 19 heavy (non-hydrogen) atoms. The molecule has 0 bridgehead atoms. The van der Waals surface area contributed by atoms with Crippen LogP contribution in [0.2, 0.25) is 0 Å². The van der Waals surface area contributed by atoms with E-state index in [4.69, 9.17) is 4.42 Å². The quantitative estimate of drug-likeness (QED) is 0.793. The van der Waals surface area contributed by atoms with Crippen LogP contribution in [0.25, 0.3) is 0 Å². The van der Waals surface area contributed by atoms with Gasteiger partial charge in [-0.3, -0.25) is 4.79 Å². The van der Waals surface area contributed by atoms with E-state index in [1.165, 1.54) is 0 Å². The minimum absolute atomic E-state index is 0.0598. The number of hydrogen-bond donors (Lipinski definition) is 1. The molecule has 0 saturated carbocycles. The highest BCUT2D eigenvalue weighted by Crippen LogP contribution is 2.30. The van der Waals surface area contributed by atoms with Gasteiger partial charge in [0.05, 0.1) is 22.7 Å². The summed E-state index contributed by atoms with van der Waals surface area (Å²) in [6, 6.07) is 0. The molecule has 0 aliphatic carbocycles. The van der Waals surface area contributed by atoms with Gasteiger partial charge < -0.3 is 9.73 Å². The van der Waals surface area contributed by atoms with Crippen molar-refractivity contribution in [1.29, 1.82) is 0 Å². The van der Waals surface area contributed by atoms with Crippen LogP contribution in [0.1, 0.15) is 25.2 Å². The molecule has 1 fully saturated rings. The smallest absolute Gasteiger partial charge is 0.277 e. The van der Waals surface area contributed by atoms with E-state index in [1.807, 2.05) is 0 Å². The minimum Gasteiger partial charge on any atom is -0.416 e. The molecule has 2 heterocycles. The standard InChI is InChI=1S/C10H15N3O4S2/c1-6(8(14)11-2)18-10-13-12-9(17-10)7-3-4-19(15,16)5-7/h6-7H,3-5H2,1-2H3,(H,11,14)/t6-,7-/m0/s1. The number of amides is 1.